The van der Waals surface area contributed by atoms with Gasteiger partial charge in [-0.2, -0.15) is 0 Å². The van der Waals surface area contributed by atoms with Crippen molar-refractivity contribution >= 4 is 17.9 Å². The SMILES string of the molecule is CC/C=C/C=C/C=C/C=C/C=C/CCCC(=O)OCC(COC(=O)CC/C=C/C/C=C/C/C=C/C/C=C/C/C=C/CC)OC(=O)CCCCCCCCCCCCCCCC. The van der Waals surface area contributed by atoms with E-state index in [0.717, 1.165) is 64.2 Å². The third-order valence-electron chi connectivity index (χ3n) is 9.60. The van der Waals surface area contributed by atoms with Crippen molar-refractivity contribution in [3.63, 3.8) is 0 Å². The number of rotatable bonds is 41. The van der Waals surface area contributed by atoms with Gasteiger partial charge in [0.2, 0.25) is 0 Å². The zero-order chi connectivity index (χ0) is 44.4. The molecule has 0 amide bonds. The van der Waals surface area contributed by atoms with Crippen molar-refractivity contribution in [2.75, 3.05) is 13.2 Å². The summed E-state index contributed by atoms with van der Waals surface area (Å²) in [5.74, 6) is -1.10. The number of hydrogen-bond acceptors (Lipinski definition) is 6. The monoisotopic (exact) mass is 843 g/mol. The third kappa shape index (κ3) is 46.7. The van der Waals surface area contributed by atoms with Crippen molar-refractivity contribution in [2.45, 2.75) is 194 Å². The molecule has 6 heteroatoms. The average Bonchev–Trinajstić information content (AvgIpc) is 3.26. The first-order valence-electron chi connectivity index (χ1n) is 24.1. The Balaban J connectivity index is 4.61. The topological polar surface area (TPSA) is 78.9 Å². The Kier molecular flexibility index (Phi) is 45.1. The standard InChI is InChI=1S/C55H86O6/c1-4-7-10-13-16-19-22-25-27-28-31-33-36-39-42-45-48-54(57)60-51-52(50-59-53(56)47-44-41-38-35-32-29-24-21-18-15-12-9-6-3)61-55(58)49-46-43-40-37-34-30-26-23-20-17-14-11-8-5-2/h7,9-10,12,15-16,18-19,21,24-25,27,29,31-33,35,38-39,42,52H,4-6,8,11,13-14,17,20,22-23,26,28,30,34,36-37,40-41,43-51H2,1-3H3/b10-7+,12-9+,18-15+,19-16+,24-21+,27-25+,32-29+,33-31+,38-35+,42-39+. The van der Waals surface area contributed by atoms with E-state index in [1.807, 2.05) is 66.8 Å². The molecule has 0 aliphatic carbocycles. The molecule has 1 unspecified atom stereocenters. The van der Waals surface area contributed by atoms with E-state index < -0.39 is 6.10 Å². The highest BCUT2D eigenvalue weighted by Gasteiger charge is 2.19. The van der Waals surface area contributed by atoms with Gasteiger partial charge >= 0.3 is 17.9 Å². The lowest BCUT2D eigenvalue weighted by molar-refractivity contribution is -0.166. The fraction of sp³-hybridized carbons (Fsp3) is 0.582. The van der Waals surface area contributed by atoms with Crippen LogP contribution >= 0.6 is 0 Å². The van der Waals surface area contributed by atoms with Gasteiger partial charge in [0.05, 0.1) is 0 Å². The largest absolute Gasteiger partial charge is 0.462 e. The van der Waals surface area contributed by atoms with Crippen LogP contribution in [0.2, 0.25) is 0 Å². The molecule has 0 aliphatic rings. The molecule has 0 bridgehead atoms. The average molecular weight is 843 g/mol. The van der Waals surface area contributed by atoms with Crippen LogP contribution in [-0.4, -0.2) is 37.2 Å². The van der Waals surface area contributed by atoms with Crippen LogP contribution in [0.5, 0.6) is 0 Å². The van der Waals surface area contributed by atoms with E-state index in [0.29, 0.717) is 19.3 Å². The first kappa shape index (κ1) is 56.8. The van der Waals surface area contributed by atoms with Crippen LogP contribution in [0.25, 0.3) is 0 Å². The van der Waals surface area contributed by atoms with E-state index in [1.54, 1.807) is 0 Å². The van der Waals surface area contributed by atoms with Crippen molar-refractivity contribution in [1.82, 2.24) is 0 Å². The molecule has 6 nitrogen and oxygen atoms in total. The molecule has 0 saturated carbocycles. The molecule has 0 spiro atoms. The summed E-state index contributed by atoms with van der Waals surface area (Å²) in [5.41, 5.74) is 0. The maximum absolute atomic E-state index is 12.8. The zero-order valence-electron chi connectivity index (χ0n) is 38.9. The summed E-state index contributed by atoms with van der Waals surface area (Å²) in [7, 11) is 0. The van der Waals surface area contributed by atoms with Gasteiger partial charge in [-0.3, -0.25) is 14.4 Å². The van der Waals surface area contributed by atoms with Crippen LogP contribution in [0.4, 0.5) is 0 Å². The Labute approximate surface area is 373 Å². The van der Waals surface area contributed by atoms with Gasteiger partial charge in [-0.05, 0) is 64.2 Å². The van der Waals surface area contributed by atoms with Crippen LogP contribution in [-0.2, 0) is 28.6 Å². The molecular formula is C55H86O6. The lowest BCUT2D eigenvalue weighted by Gasteiger charge is -2.18. The lowest BCUT2D eigenvalue weighted by Crippen LogP contribution is -2.30. The molecule has 342 valence electrons. The first-order valence-corrected chi connectivity index (χ1v) is 24.1. The lowest BCUT2D eigenvalue weighted by atomic mass is 10.0. The molecular weight excluding hydrogens is 757 g/mol. The molecule has 0 radical (unpaired) electrons. The number of hydrogen-bond donors (Lipinski definition) is 0. The molecule has 61 heavy (non-hydrogen) atoms. The van der Waals surface area contributed by atoms with Crippen LogP contribution in [0.15, 0.2) is 122 Å². The Morgan fingerprint density at radius 2 is 0.754 bits per heavy atom. The molecule has 0 fully saturated rings. The van der Waals surface area contributed by atoms with Crippen LogP contribution in [0.3, 0.4) is 0 Å². The van der Waals surface area contributed by atoms with Gasteiger partial charge in [0, 0.05) is 19.3 Å². The second-order valence-corrected chi connectivity index (χ2v) is 15.4. The molecule has 0 aliphatic heterocycles. The smallest absolute Gasteiger partial charge is 0.306 e. The van der Waals surface area contributed by atoms with Crippen LogP contribution < -0.4 is 0 Å². The third-order valence-corrected chi connectivity index (χ3v) is 9.60. The van der Waals surface area contributed by atoms with Gasteiger partial charge < -0.3 is 14.2 Å². The molecule has 0 rings (SSSR count). The minimum absolute atomic E-state index is 0.140. The van der Waals surface area contributed by atoms with E-state index >= 15 is 0 Å². The van der Waals surface area contributed by atoms with Crippen molar-refractivity contribution < 1.29 is 28.6 Å². The second kappa shape index (κ2) is 48.5. The van der Waals surface area contributed by atoms with Crippen molar-refractivity contribution in [3.05, 3.63) is 122 Å². The van der Waals surface area contributed by atoms with Crippen LogP contribution in [0.1, 0.15) is 188 Å². The Bertz CT molecular complexity index is 1340. The molecule has 0 saturated heterocycles. The van der Waals surface area contributed by atoms with E-state index in [1.165, 1.54) is 70.6 Å². The van der Waals surface area contributed by atoms with E-state index in [2.05, 4.69) is 75.5 Å². The van der Waals surface area contributed by atoms with Crippen molar-refractivity contribution in [2.24, 2.45) is 0 Å². The highest BCUT2D eigenvalue weighted by Crippen LogP contribution is 2.14. The summed E-state index contributed by atoms with van der Waals surface area (Å²) in [6.07, 6.45) is 66.3. The number of ether oxygens (including phenoxy) is 3. The highest BCUT2D eigenvalue weighted by atomic mass is 16.6. The number of esters is 3. The summed E-state index contributed by atoms with van der Waals surface area (Å²) in [4.78, 5) is 37.8. The van der Waals surface area contributed by atoms with Crippen molar-refractivity contribution in [3.8, 4) is 0 Å². The Morgan fingerprint density at radius 1 is 0.361 bits per heavy atom. The maximum atomic E-state index is 12.8. The van der Waals surface area contributed by atoms with Crippen LogP contribution in [0, 0.1) is 0 Å². The predicted octanol–water partition coefficient (Wildman–Crippen LogP) is 15.7. The molecule has 0 aromatic heterocycles. The summed E-state index contributed by atoms with van der Waals surface area (Å²) < 4.78 is 16.6. The summed E-state index contributed by atoms with van der Waals surface area (Å²) >= 11 is 0. The van der Waals surface area contributed by atoms with E-state index in [4.69, 9.17) is 14.2 Å². The second-order valence-electron chi connectivity index (χ2n) is 15.4. The number of allylic oxidation sites excluding steroid dienone is 20. The number of carbonyl (C=O) groups is 3. The summed E-state index contributed by atoms with van der Waals surface area (Å²) in [6.45, 7) is 6.22. The van der Waals surface area contributed by atoms with Gasteiger partial charge in [0.15, 0.2) is 6.10 Å². The number of carbonyl (C=O) groups excluding carboxylic acids is 3. The number of unbranched alkanes of at least 4 members (excludes halogenated alkanes) is 14. The molecule has 0 aromatic carbocycles. The normalized spacial score (nSPS) is 13.2. The summed E-state index contributed by atoms with van der Waals surface area (Å²) in [5, 5.41) is 0. The van der Waals surface area contributed by atoms with E-state index in [-0.39, 0.29) is 44.0 Å². The Morgan fingerprint density at radius 3 is 1.25 bits per heavy atom. The van der Waals surface area contributed by atoms with E-state index in [9.17, 15) is 14.4 Å². The molecule has 0 aromatic rings. The summed E-state index contributed by atoms with van der Waals surface area (Å²) in [6, 6.07) is 0. The van der Waals surface area contributed by atoms with Gasteiger partial charge in [-0.1, -0.05) is 226 Å². The minimum Gasteiger partial charge on any atom is -0.462 e. The quantitative estimate of drug-likeness (QED) is 0.0201. The maximum Gasteiger partial charge on any atom is 0.306 e. The van der Waals surface area contributed by atoms with Gasteiger partial charge in [0.1, 0.15) is 13.2 Å². The van der Waals surface area contributed by atoms with Gasteiger partial charge in [-0.25, -0.2) is 0 Å². The van der Waals surface area contributed by atoms with Gasteiger partial charge in [0.25, 0.3) is 0 Å². The van der Waals surface area contributed by atoms with Gasteiger partial charge in [-0.15, -0.1) is 0 Å². The predicted molar refractivity (Wildman–Crippen MR) is 260 cm³/mol. The Hall–Kier alpha value is -4.19. The fourth-order valence-corrected chi connectivity index (χ4v) is 6.05. The highest BCUT2D eigenvalue weighted by molar-refractivity contribution is 5.71. The molecule has 0 heterocycles. The minimum atomic E-state index is -0.837. The first-order chi connectivity index (χ1) is 30.0. The van der Waals surface area contributed by atoms with Crippen molar-refractivity contribution in [1.29, 1.82) is 0 Å². The fourth-order valence-electron chi connectivity index (χ4n) is 6.05. The zero-order valence-corrected chi connectivity index (χ0v) is 38.9. The molecule has 0 N–H and O–H groups in total. The molecule has 1 atom stereocenters.